The van der Waals surface area contributed by atoms with Gasteiger partial charge in [-0.25, -0.2) is 13.2 Å². The van der Waals surface area contributed by atoms with Gasteiger partial charge in [0.15, 0.2) is 0 Å². The lowest BCUT2D eigenvalue weighted by atomic mass is 10.0. The quantitative estimate of drug-likeness (QED) is 0.559. The van der Waals surface area contributed by atoms with Crippen LogP contribution in [0.2, 0.25) is 0 Å². The summed E-state index contributed by atoms with van der Waals surface area (Å²) in [6, 6.07) is 12.2. The second-order valence-corrected chi connectivity index (χ2v) is 8.88. The van der Waals surface area contributed by atoms with E-state index in [0.29, 0.717) is 12.8 Å². The van der Waals surface area contributed by atoms with Gasteiger partial charge in [-0.3, -0.25) is 15.0 Å². The van der Waals surface area contributed by atoms with Gasteiger partial charge in [-0.2, -0.15) is 4.31 Å². The molecule has 4 rings (SSSR count). The molecule has 0 unspecified atom stereocenters. The number of piperidine rings is 1. The zero-order valence-corrected chi connectivity index (χ0v) is 16.2. The first kappa shape index (κ1) is 19.3. The summed E-state index contributed by atoms with van der Waals surface area (Å²) in [5.74, 6) is 0. The van der Waals surface area contributed by atoms with Crippen molar-refractivity contribution in [2.75, 3.05) is 18.0 Å². The van der Waals surface area contributed by atoms with Crippen LogP contribution in [0.1, 0.15) is 18.4 Å². The number of carbonyl (C=O) groups excluding carboxylic acids is 1. The van der Waals surface area contributed by atoms with Crippen molar-refractivity contribution < 1.29 is 22.9 Å². The van der Waals surface area contributed by atoms with E-state index in [1.54, 1.807) is 4.90 Å². The highest BCUT2D eigenvalue weighted by atomic mass is 32.2. The SMILES string of the molecule is O=C1OCc2ccccc2N1C1CCN(S(=O)(=O)c2ccc([N+](=O)[O-])cc2)CC1. The van der Waals surface area contributed by atoms with Crippen LogP contribution in [-0.2, 0) is 21.4 Å². The van der Waals surface area contributed by atoms with E-state index in [1.807, 2.05) is 24.3 Å². The van der Waals surface area contributed by atoms with E-state index in [-0.39, 0.29) is 36.3 Å². The molecule has 2 aliphatic rings. The number of hydrogen-bond donors (Lipinski definition) is 0. The zero-order valence-electron chi connectivity index (χ0n) is 15.4. The number of cyclic esters (lactones) is 1. The minimum Gasteiger partial charge on any atom is -0.444 e. The lowest BCUT2D eigenvalue weighted by Crippen LogP contribution is -2.50. The fourth-order valence-electron chi connectivity index (χ4n) is 3.75. The van der Waals surface area contributed by atoms with Gasteiger partial charge in [0.05, 0.1) is 15.5 Å². The Kier molecular flexibility index (Phi) is 4.97. The average Bonchev–Trinajstić information content (AvgIpc) is 2.74. The average molecular weight is 417 g/mol. The normalized spacial score (nSPS) is 18.2. The second kappa shape index (κ2) is 7.45. The topological polar surface area (TPSA) is 110 Å². The van der Waals surface area contributed by atoms with Crippen LogP contribution in [0, 0.1) is 10.1 Å². The van der Waals surface area contributed by atoms with Crippen molar-refractivity contribution in [3.63, 3.8) is 0 Å². The van der Waals surface area contributed by atoms with Crippen molar-refractivity contribution in [1.29, 1.82) is 0 Å². The number of benzene rings is 2. The molecule has 0 radical (unpaired) electrons. The van der Waals surface area contributed by atoms with Gasteiger partial charge in [0.1, 0.15) is 6.61 Å². The number of carbonyl (C=O) groups is 1. The molecule has 152 valence electrons. The second-order valence-electron chi connectivity index (χ2n) is 6.94. The number of ether oxygens (including phenoxy) is 1. The van der Waals surface area contributed by atoms with E-state index in [2.05, 4.69) is 0 Å². The maximum Gasteiger partial charge on any atom is 0.414 e. The third-order valence-corrected chi connectivity index (χ3v) is 7.19. The third-order valence-electron chi connectivity index (χ3n) is 5.27. The van der Waals surface area contributed by atoms with Crippen molar-refractivity contribution in [3.8, 4) is 0 Å². The first-order valence-corrected chi connectivity index (χ1v) is 10.6. The molecule has 1 fully saturated rings. The van der Waals surface area contributed by atoms with Crippen molar-refractivity contribution in [1.82, 2.24) is 4.31 Å². The molecule has 2 aliphatic heterocycles. The molecule has 0 aromatic heterocycles. The van der Waals surface area contributed by atoms with Crippen LogP contribution < -0.4 is 4.90 Å². The summed E-state index contributed by atoms with van der Waals surface area (Å²) in [6.07, 6.45) is 0.519. The van der Waals surface area contributed by atoms with Crippen LogP contribution in [0.4, 0.5) is 16.2 Å². The Hall–Kier alpha value is -2.98. The van der Waals surface area contributed by atoms with E-state index >= 15 is 0 Å². The predicted octanol–water partition coefficient (Wildman–Crippen LogP) is 2.90. The summed E-state index contributed by atoms with van der Waals surface area (Å²) in [5, 5.41) is 10.8. The number of nitrogens with zero attached hydrogens (tertiary/aromatic N) is 3. The fourth-order valence-corrected chi connectivity index (χ4v) is 5.22. The van der Waals surface area contributed by atoms with Gasteiger partial charge in [-0.1, -0.05) is 18.2 Å². The van der Waals surface area contributed by atoms with Gasteiger partial charge in [-0.15, -0.1) is 0 Å². The molecule has 9 nitrogen and oxygen atoms in total. The van der Waals surface area contributed by atoms with E-state index < -0.39 is 21.0 Å². The molecule has 0 aliphatic carbocycles. The molecule has 10 heteroatoms. The highest BCUT2D eigenvalue weighted by Gasteiger charge is 2.37. The Morgan fingerprint density at radius 1 is 1.03 bits per heavy atom. The maximum absolute atomic E-state index is 12.9. The summed E-state index contributed by atoms with van der Waals surface area (Å²) in [7, 11) is -3.76. The fraction of sp³-hybridized carbons (Fsp3) is 0.316. The lowest BCUT2D eigenvalue weighted by Gasteiger charge is -2.39. The number of amides is 1. The van der Waals surface area contributed by atoms with Crippen LogP contribution in [0.15, 0.2) is 53.4 Å². The summed E-state index contributed by atoms with van der Waals surface area (Å²) in [6.45, 7) is 0.727. The van der Waals surface area contributed by atoms with Gasteiger partial charge < -0.3 is 4.74 Å². The summed E-state index contributed by atoms with van der Waals surface area (Å²) in [4.78, 5) is 24.2. The monoisotopic (exact) mass is 417 g/mol. The zero-order chi connectivity index (χ0) is 20.6. The Morgan fingerprint density at radius 2 is 1.69 bits per heavy atom. The van der Waals surface area contributed by atoms with E-state index in [1.165, 1.54) is 28.6 Å². The van der Waals surface area contributed by atoms with Crippen molar-refractivity contribution in [2.24, 2.45) is 0 Å². The summed E-state index contributed by atoms with van der Waals surface area (Å²) in [5.41, 5.74) is 1.57. The Labute approximate surface area is 167 Å². The molecule has 29 heavy (non-hydrogen) atoms. The Bertz CT molecular complexity index is 1050. The van der Waals surface area contributed by atoms with Crippen molar-refractivity contribution in [2.45, 2.75) is 30.4 Å². The molecule has 0 bridgehead atoms. The molecule has 0 spiro atoms. The summed E-state index contributed by atoms with van der Waals surface area (Å²) >= 11 is 0. The van der Waals surface area contributed by atoms with Gasteiger partial charge in [0.25, 0.3) is 5.69 Å². The Balaban J connectivity index is 1.49. The molecule has 2 aromatic rings. The van der Waals surface area contributed by atoms with Crippen LogP contribution in [-0.4, -0.2) is 42.9 Å². The number of rotatable bonds is 4. The van der Waals surface area contributed by atoms with E-state index in [9.17, 15) is 23.3 Å². The number of non-ortho nitro benzene ring substituents is 1. The number of hydrogen-bond acceptors (Lipinski definition) is 6. The largest absolute Gasteiger partial charge is 0.444 e. The maximum atomic E-state index is 12.9. The highest BCUT2D eigenvalue weighted by molar-refractivity contribution is 7.89. The minimum atomic E-state index is -3.76. The standard InChI is InChI=1S/C19H19N3O6S/c23-19-21(18-4-2-1-3-14(18)13-28-19)15-9-11-20(12-10-15)29(26,27)17-7-5-16(6-8-17)22(24)25/h1-8,15H,9-13H2. The number of sulfonamides is 1. The van der Waals surface area contributed by atoms with E-state index in [4.69, 9.17) is 4.74 Å². The molecule has 0 atom stereocenters. The molecule has 0 saturated carbocycles. The smallest absolute Gasteiger partial charge is 0.414 e. The van der Waals surface area contributed by atoms with Gasteiger partial charge in [0.2, 0.25) is 10.0 Å². The van der Waals surface area contributed by atoms with Crippen LogP contribution in [0.3, 0.4) is 0 Å². The Morgan fingerprint density at radius 3 is 2.34 bits per heavy atom. The number of fused-ring (bicyclic) bond motifs is 1. The molecule has 1 saturated heterocycles. The van der Waals surface area contributed by atoms with Crippen LogP contribution in [0.5, 0.6) is 0 Å². The van der Waals surface area contributed by atoms with Gasteiger partial charge in [-0.05, 0) is 31.0 Å². The molecular weight excluding hydrogens is 398 g/mol. The summed E-state index contributed by atoms with van der Waals surface area (Å²) < 4.78 is 32.3. The number of nitro benzene ring substituents is 1. The molecule has 2 aromatic carbocycles. The number of para-hydroxylation sites is 1. The lowest BCUT2D eigenvalue weighted by molar-refractivity contribution is -0.384. The minimum absolute atomic E-state index is 0.0178. The van der Waals surface area contributed by atoms with Crippen molar-refractivity contribution >= 4 is 27.5 Å². The molecule has 1 amide bonds. The van der Waals surface area contributed by atoms with Crippen LogP contribution in [0.25, 0.3) is 0 Å². The number of anilines is 1. The highest BCUT2D eigenvalue weighted by Crippen LogP contribution is 2.33. The molecular formula is C19H19N3O6S. The van der Waals surface area contributed by atoms with Gasteiger partial charge >= 0.3 is 6.09 Å². The van der Waals surface area contributed by atoms with E-state index in [0.717, 1.165) is 11.3 Å². The third kappa shape index (κ3) is 3.56. The molecule has 2 heterocycles. The van der Waals surface area contributed by atoms with Crippen LogP contribution >= 0.6 is 0 Å². The number of nitro groups is 1. The first-order valence-electron chi connectivity index (χ1n) is 9.16. The predicted molar refractivity (Wildman–Crippen MR) is 104 cm³/mol. The van der Waals surface area contributed by atoms with Gasteiger partial charge in [0, 0.05) is 36.8 Å². The molecule has 0 N–H and O–H groups in total. The first-order chi connectivity index (χ1) is 13.9. The van der Waals surface area contributed by atoms with Crippen molar-refractivity contribution in [3.05, 3.63) is 64.2 Å².